The van der Waals surface area contributed by atoms with Gasteiger partial charge < -0.3 is 44.2 Å². The van der Waals surface area contributed by atoms with E-state index in [4.69, 9.17) is 42.9 Å². The average Bonchev–Trinajstić information content (AvgIpc) is 3.96. The van der Waals surface area contributed by atoms with Crippen molar-refractivity contribution in [1.82, 2.24) is 20.5 Å². The van der Waals surface area contributed by atoms with Crippen molar-refractivity contribution in [2.75, 3.05) is 49.4 Å². The molecule has 2 aliphatic rings. The van der Waals surface area contributed by atoms with Crippen molar-refractivity contribution in [2.24, 2.45) is 5.41 Å². The van der Waals surface area contributed by atoms with E-state index in [9.17, 15) is 29.5 Å². The minimum absolute atomic E-state index is 0.0254. The van der Waals surface area contributed by atoms with E-state index in [0.717, 1.165) is 35.3 Å². The van der Waals surface area contributed by atoms with Crippen molar-refractivity contribution in [3.05, 3.63) is 95.0 Å². The number of nitriles is 1. The van der Waals surface area contributed by atoms with E-state index in [2.05, 4.69) is 15.6 Å². The minimum atomic E-state index is -0.965. The number of nitrogens with one attached hydrogen (secondary N) is 2. The Bertz CT molecular complexity index is 2400. The normalized spacial score (nSPS) is 18.5. The lowest BCUT2D eigenvalue weighted by molar-refractivity contribution is -0.144. The van der Waals surface area contributed by atoms with Gasteiger partial charge in [0.15, 0.2) is 17.7 Å². The van der Waals surface area contributed by atoms with Crippen LogP contribution in [0.2, 0.25) is 5.02 Å². The molecule has 0 aliphatic carbocycles. The monoisotopic (exact) mass is 957 g/mol. The summed E-state index contributed by atoms with van der Waals surface area (Å²) in [4.78, 5) is 62.9. The molecule has 16 nitrogen and oxygen atoms in total. The number of rotatable bonds is 20. The zero-order chi connectivity index (χ0) is 48.5. The molecule has 3 heterocycles. The first-order valence-electron chi connectivity index (χ1n) is 22.3. The number of hydrogen-bond acceptors (Lipinski definition) is 13. The number of carbonyl (C=O) groups excluding carboxylic acids is 4. The molecule has 1 aromatic heterocycles. The van der Waals surface area contributed by atoms with Crippen LogP contribution in [-0.4, -0.2) is 107 Å². The Morgan fingerprint density at radius 1 is 1.00 bits per heavy atom. The van der Waals surface area contributed by atoms with Gasteiger partial charge in [-0.1, -0.05) is 56.6 Å². The summed E-state index contributed by atoms with van der Waals surface area (Å²) < 4.78 is 22.8. The highest BCUT2D eigenvalue weighted by molar-refractivity contribution is 7.81. The third-order valence-electron chi connectivity index (χ3n) is 11.7. The number of ether oxygens (including phenoxy) is 3. The summed E-state index contributed by atoms with van der Waals surface area (Å²) in [6.07, 6.45) is 2.71. The molecule has 0 radical (unpaired) electrons. The van der Waals surface area contributed by atoms with Crippen LogP contribution in [0.3, 0.4) is 0 Å². The van der Waals surface area contributed by atoms with Crippen molar-refractivity contribution in [2.45, 2.75) is 103 Å². The standard InChI is InChI=1S/C49H60ClN7O9S/c1-31-42(66-30-53-31)33-12-10-32(11-13-33)27-52-44(60)40-25-37(58)28-55(40)45(61)43(48(2,3)4)54-41(59)29-64-22-9-21-63-20-7-8-23-65-38-18-16-35(17-19-38)57-47(67)56(46(62)49(57,5)6)36-15-14-34(26-51)39(50)24-36/h10-19,24,30,37,40,43,47,58,67H,7-9,20-23,25,27-29H2,1-6H3,(H,52,60)(H,54,59)/t37-,40+,43-,47?/m1/s1. The maximum atomic E-state index is 13.9. The lowest BCUT2D eigenvalue weighted by Gasteiger charge is -2.35. The first-order chi connectivity index (χ1) is 31.9. The van der Waals surface area contributed by atoms with Gasteiger partial charge in [0.05, 0.1) is 29.0 Å². The van der Waals surface area contributed by atoms with Gasteiger partial charge in [-0.25, -0.2) is 4.98 Å². The van der Waals surface area contributed by atoms with E-state index in [0.29, 0.717) is 49.0 Å². The number of halogens is 1. The van der Waals surface area contributed by atoms with Crippen LogP contribution in [0.15, 0.2) is 77.5 Å². The molecule has 3 N–H and O–H groups in total. The zero-order valence-electron chi connectivity index (χ0n) is 38.8. The van der Waals surface area contributed by atoms with Crippen LogP contribution < -0.4 is 25.2 Å². The maximum absolute atomic E-state index is 13.9. The van der Waals surface area contributed by atoms with Gasteiger partial charge in [-0.15, -0.1) is 12.6 Å². The predicted molar refractivity (Wildman–Crippen MR) is 256 cm³/mol. The van der Waals surface area contributed by atoms with Crippen LogP contribution in [0.5, 0.6) is 5.75 Å². The fraction of sp³-hybridized carbons (Fsp3) is 0.469. The van der Waals surface area contributed by atoms with Crippen molar-refractivity contribution in [3.8, 4) is 23.1 Å². The Kier molecular flexibility index (Phi) is 17.0. The second kappa shape index (κ2) is 22.4. The fourth-order valence-electron chi connectivity index (χ4n) is 8.07. The molecule has 3 aromatic carbocycles. The number of nitrogens with zero attached hydrogens (tertiary/aromatic N) is 5. The number of thiol groups is 1. The van der Waals surface area contributed by atoms with Crippen LogP contribution in [0, 0.1) is 23.7 Å². The topological polar surface area (TPSA) is 200 Å². The number of aromatic nitrogens is 1. The summed E-state index contributed by atoms with van der Waals surface area (Å²) >= 11 is 11.1. The summed E-state index contributed by atoms with van der Waals surface area (Å²) in [7, 11) is 0. The number of unbranched alkanes of at least 4 members (excludes halogenated alkanes) is 1. The average molecular weight is 959 g/mol. The number of amides is 4. The molecule has 2 fully saturated rings. The van der Waals surface area contributed by atoms with E-state index < -0.39 is 52.4 Å². The molecule has 18 heteroatoms. The highest BCUT2D eigenvalue weighted by atomic mass is 35.5. The number of oxazole rings is 1. The van der Waals surface area contributed by atoms with Gasteiger partial charge in [0.25, 0.3) is 5.91 Å². The molecule has 4 aromatic rings. The lowest BCUT2D eigenvalue weighted by Crippen LogP contribution is -2.58. The van der Waals surface area contributed by atoms with Crippen molar-refractivity contribution in [3.63, 3.8) is 0 Å². The lowest BCUT2D eigenvalue weighted by atomic mass is 9.85. The number of aryl methyl sites for hydroxylation is 1. The number of hydrogen-bond donors (Lipinski definition) is 4. The molecule has 67 heavy (non-hydrogen) atoms. The van der Waals surface area contributed by atoms with Crippen molar-refractivity contribution >= 4 is 59.2 Å². The third-order valence-corrected chi connectivity index (χ3v) is 12.5. The number of likely N-dealkylation sites (tertiary alicyclic amines) is 1. The van der Waals surface area contributed by atoms with E-state index >= 15 is 0 Å². The Morgan fingerprint density at radius 3 is 2.33 bits per heavy atom. The summed E-state index contributed by atoms with van der Waals surface area (Å²) in [5, 5.41) is 25.8. The Labute approximate surface area is 402 Å². The molecule has 0 bridgehead atoms. The molecule has 358 valence electrons. The number of β-amino-alcohol motifs (C(OH)–C–C–N with tert-alkyl or cyclic N) is 1. The second-order valence-corrected chi connectivity index (χ2v) is 19.1. The van der Waals surface area contributed by atoms with Gasteiger partial charge in [0, 0.05) is 56.3 Å². The Morgan fingerprint density at radius 2 is 1.67 bits per heavy atom. The summed E-state index contributed by atoms with van der Waals surface area (Å²) in [6, 6.07) is 20.1. The Hall–Kier alpha value is -5.64. The molecule has 0 saturated carbocycles. The van der Waals surface area contributed by atoms with Gasteiger partial charge in [0.1, 0.15) is 36.0 Å². The predicted octanol–water partition coefficient (Wildman–Crippen LogP) is 6.41. The molecule has 4 atom stereocenters. The van der Waals surface area contributed by atoms with Gasteiger partial charge in [0.2, 0.25) is 17.7 Å². The smallest absolute Gasteiger partial charge is 0.254 e. The molecule has 2 saturated heterocycles. The van der Waals surface area contributed by atoms with Gasteiger partial charge in [-0.05, 0) is 93.5 Å². The first-order valence-corrected chi connectivity index (χ1v) is 23.2. The Balaban J connectivity index is 0.856. The number of benzene rings is 3. The number of anilines is 2. The number of aliphatic hydroxyl groups is 1. The summed E-state index contributed by atoms with van der Waals surface area (Å²) in [5.41, 5.74) is 1.95. The second-order valence-electron chi connectivity index (χ2n) is 18.2. The van der Waals surface area contributed by atoms with E-state index in [1.165, 1.54) is 11.3 Å². The fourth-order valence-corrected chi connectivity index (χ4v) is 8.95. The quantitative estimate of drug-likeness (QED) is 0.0562. The largest absolute Gasteiger partial charge is 0.494 e. The van der Waals surface area contributed by atoms with Crippen LogP contribution in [-0.2, 0) is 35.2 Å². The number of carbonyl (C=O) groups is 4. The SMILES string of the molecule is Cc1ncoc1-c1ccc(CNC(=O)[C@@H]2C[C@@H](O)CN2C(=O)[C@@H](NC(=O)COCCCOCCCCOc2ccc(N3C(S)N(c4ccc(C#N)c(Cl)c4)C(=O)C3(C)C)cc2)C(C)(C)C)cc1. The molecular weight excluding hydrogens is 898 g/mol. The minimum Gasteiger partial charge on any atom is -0.494 e. The van der Waals surface area contributed by atoms with E-state index in [1.807, 2.05) is 101 Å². The maximum Gasteiger partial charge on any atom is 0.254 e. The molecular formula is C49H60ClN7O9S. The van der Waals surface area contributed by atoms with Gasteiger partial charge in [-0.2, -0.15) is 5.26 Å². The van der Waals surface area contributed by atoms with Crippen LogP contribution in [0.1, 0.15) is 77.1 Å². The third kappa shape index (κ3) is 12.5. The van der Waals surface area contributed by atoms with Crippen LogP contribution in [0.25, 0.3) is 11.3 Å². The highest BCUT2D eigenvalue weighted by Crippen LogP contribution is 2.41. The van der Waals surface area contributed by atoms with E-state index in [1.54, 1.807) is 23.1 Å². The molecule has 2 aliphatic heterocycles. The highest BCUT2D eigenvalue weighted by Gasteiger charge is 2.51. The first kappa shape index (κ1) is 50.8. The number of aliphatic hydroxyl groups excluding tert-OH is 1. The van der Waals surface area contributed by atoms with Crippen LogP contribution >= 0.6 is 24.2 Å². The zero-order valence-corrected chi connectivity index (χ0v) is 40.4. The summed E-state index contributed by atoms with van der Waals surface area (Å²) in [6.45, 7) is 12.7. The van der Waals surface area contributed by atoms with Gasteiger partial charge >= 0.3 is 0 Å². The molecule has 0 spiro atoms. The van der Waals surface area contributed by atoms with Crippen molar-refractivity contribution in [1.29, 1.82) is 5.26 Å². The van der Waals surface area contributed by atoms with Crippen LogP contribution in [0.4, 0.5) is 11.4 Å². The molecule has 4 amide bonds. The molecule has 1 unspecified atom stereocenters. The van der Waals surface area contributed by atoms with Gasteiger partial charge in [-0.3, -0.25) is 24.1 Å². The molecule has 6 rings (SSSR count). The summed E-state index contributed by atoms with van der Waals surface area (Å²) in [5.74, 6) is -0.0920. The van der Waals surface area contributed by atoms with Crippen molar-refractivity contribution < 1.29 is 42.9 Å². The van der Waals surface area contributed by atoms with E-state index in [-0.39, 0.29) is 43.7 Å².